The Morgan fingerprint density at radius 2 is 2.42 bits per heavy atom. The van der Waals surface area contributed by atoms with Gasteiger partial charge in [0.2, 0.25) is 5.91 Å². The number of hydrogen-bond acceptors (Lipinski definition) is 2. The van der Waals surface area contributed by atoms with Crippen LogP contribution in [0.4, 0.5) is 0 Å². The molecule has 1 heterocycles. The van der Waals surface area contributed by atoms with Gasteiger partial charge in [0.1, 0.15) is 6.04 Å². The lowest BCUT2D eigenvalue weighted by Gasteiger charge is -2.17. The fourth-order valence-electron chi connectivity index (χ4n) is 1.36. The molecule has 1 unspecified atom stereocenters. The minimum Gasteiger partial charge on any atom is -0.358 e. The van der Waals surface area contributed by atoms with Crippen LogP contribution in [0.2, 0.25) is 0 Å². The summed E-state index contributed by atoms with van der Waals surface area (Å²) in [5.74, 6) is 0.0313. The molecule has 1 fully saturated rings. The van der Waals surface area contributed by atoms with Gasteiger partial charge in [-0.1, -0.05) is 0 Å². The van der Waals surface area contributed by atoms with Gasteiger partial charge < -0.3 is 10.2 Å². The number of rotatable bonds is 1. The van der Waals surface area contributed by atoms with Crippen molar-refractivity contribution in [1.82, 2.24) is 15.5 Å². The third-order valence-corrected chi connectivity index (χ3v) is 2.08. The largest absolute Gasteiger partial charge is 0.358 e. The van der Waals surface area contributed by atoms with Crippen LogP contribution in [0.1, 0.15) is 6.42 Å². The van der Waals surface area contributed by atoms with Crippen LogP contribution in [-0.2, 0) is 4.79 Å². The van der Waals surface area contributed by atoms with Crippen LogP contribution in [0, 0.1) is 0 Å². The second-order valence-electron chi connectivity index (χ2n) is 3.15. The number of carbonyl (C=O) groups is 1. The lowest BCUT2D eigenvalue weighted by atomic mass is 10.2. The summed E-state index contributed by atoms with van der Waals surface area (Å²) < 4.78 is 0. The number of amides is 1. The summed E-state index contributed by atoms with van der Waals surface area (Å²) in [7, 11) is 3.68. The van der Waals surface area contributed by atoms with Crippen molar-refractivity contribution in [3.8, 4) is 0 Å². The molecule has 12 heavy (non-hydrogen) atoms. The van der Waals surface area contributed by atoms with Crippen molar-refractivity contribution >= 4 is 5.91 Å². The summed E-state index contributed by atoms with van der Waals surface area (Å²) in [4.78, 5) is 13.4. The molecule has 1 aliphatic heterocycles. The van der Waals surface area contributed by atoms with Crippen LogP contribution in [0.5, 0.6) is 0 Å². The van der Waals surface area contributed by atoms with Gasteiger partial charge in [-0.2, -0.15) is 0 Å². The molecule has 0 spiro atoms. The molecular formula is C8H16N3O. The van der Waals surface area contributed by atoms with E-state index in [2.05, 4.69) is 15.5 Å². The third kappa shape index (κ3) is 2.46. The molecule has 0 aromatic rings. The van der Waals surface area contributed by atoms with Gasteiger partial charge in [-0.05, 0) is 20.0 Å². The molecule has 1 aliphatic rings. The topological polar surface area (TPSA) is 46.4 Å². The van der Waals surface area contributed by atoms with Gasteiger partial charge in [0.05, 0.1) is 0 Å². The molecule has 4 nitrogen and oxygen atoms in total. The summed E-state index contributed by atoms with van der Waals surface area (Å²) >= 11 is 0. The van der Waals surface area contributed by atoms with Gasteiger partial charge >= 0.3 is 0 Å². The zero-order valence-corrected chi connectivity index (χ0v) is 7.71. The average molecular weight is 170 g/mol. The number of carbonyl (C=O) groups excluding carboxylic acids is 1. The highest BCUT2D eigenvalue weighted by Gasteiger charge is 2.21. The summed E-state index contributed by atoms with van der Waals surface area (Å²) in [6, 6.07) is -0.164. The van der Waals surface area contributed by atoms with Crippen molar-refractivity contribution in [2.24, 2.45) is 0 Å². The lowest BCUT2D eigenvalue weighted by Crippen LogP contribution is -2.44. The minimum absolute atomic E-state index is 0.0313. The van der Waals surface area contributed by atoms with E-state index in [-0.39, 0.29) is 11.9 Å². The van der Waals surface area contributed by atoms with Crippen LogP contribution < -0.4 is 10.6 Å². The van der Waals surface area contributed by atoms with Crippen LogP contribution in [-0.4, -0.2) is 50.6 Å². The van der Waals surface area contributed by atoms with E-state index in [0.29, 0.717) is 0 Å². The van der Waals surface area contributed by atoms with Crippen molar-refractivity contribution in [2.75, 3.05) is 33.7 Å². The highest BCUT2D eigenvalue weighted by atomic mass is 16.2. The highest BCUT2D eigenvalue weighted by molar-refractivity contribution is 5.81. The van der Waals surface area contributed by atoms with E-state index < -0.39 is 0 Å². The maximum absolute atomic E-state index is 11.2. The molecule has 1 rings (SSSR count). The minimum atomic E-state index is -0.164. The molecule has 69 valence electrons. The van der Waals surface area contributed by atoms with E-state index in [1.54, 1.807) is 7.05 Å². The zero-order chi connectivity index (χ0) is 8.97. The molecule has 4 heteroatoms. The average Bonchev–Trinajstić information content (AvgIpc) is 2.28. The second kappa shape index (κ2) is 4.42. The molecule has 0 aliphatic carbocycles. The third-order valence-electron chi connectivity index (χ3n) is 2.08. The van der Waals surface area contributed by atoms with Gasteiger partial charge in [-0.25, -0.2) is 5.32 Å². The zero-order valence-electron chi connectivity index (χ0n) is 7.71. The molecule has 1 saturated heterocycles. The predicted molar refractivity (Wildman–Crippen MR) is 47.0 cm³/mol. The van der Waals surface area contributed by atoms with Gasteiger partial charge in [-0.3, -0.25) is 4.79 Å². The van der Waals surface area contributed by atoms with Gasteiger partial charge in [0.25, 0.3) is 0 Å². The Balaban J connectivity index is 2.46. The fourth-order valence-corrected chi connectivity index (χ4v) is 1.36. The SMILES string of the molecule is CNC(=O)C1CN(C)CCC[N]1. The molecule has 0 aromatic heterocycles. The first-order chi connectivity index (χ1) is 5.74. The fraction of sp³-hybridized carbons (Fsp3) is 0.875. The van der Waals surface area contributed by atoms with Crippen molar-refractivity contribution in [3.63, 3.8) is 0 Å². The van der Waals surface area contributed by atoms with Crippen LogP contribution in [0.3, 0.4) is 0 Å². The van der Waals surface area contributed by atoms with Crippen LogP contribution in [0.15, 0.2) is 0 Å². The lowest BCUT2D eigenvalue weighted by molar-refractivity contribution is -0.122. The Labute approximate surface area is 73.3 Å². The first kappa shape index (κ1) is 9.48. The smallest absolute Gasteiger partial charge is 0.239 e. The van der Waals surface area contributed by atoms with Crippen molar-refractivity contribution in [2.45, 2.75) is 12.5 Å². The number of hydrogen-bond donors (Lipinski definition) is 1. The number of likely N-dealkylation sites (N-methyl/N-ethyl adjacent to an activating group) is 2. The maximum Gasteiger partial charge on any atom is 0.239 e. The number of nitrogens with zero attached hydrogens (tertiary/aromatic N) is 2. The quantitative estimate of drug-likeness (QED) is 0.551. The molecule has 1 atom stereocenters. The Hall–Kier alpha value is -0.610. The molecule has 0 bridgehead atoms. The normalized spacial score (nSPS) is 26.3. The molecule has 0 saturated carbocycles. The standard InChI is InChI=1S/C8H16N3O/c1-9-8(12)7-6-11(2)5-3-4-10-7/h7H,3-6H2,1-2H3,(H,9,12). The molecule has 1 N–H and O–H groups in total. The molecule has 1 radical (unpaired) electrons. The van der Waals surface area contributed by atoms with Crippen molar-refractivity contribution in [1.29, 1.82) is 0 Å². The Morgan fingerprint density at radius 3 is 3.08 bits per heavy atom. The van der Waals surface area contributed by atoms with Gasteiger partial charge in [0, 0.05) is 20.1 Å². The van der Waals surface area contributed by atoms with E-state index >= 15 is 0 Å². The van der Waals surface area contributed by atoms with E-state index in [1.165, 1.54) is 0 Å². The highest BCUT2D eigenvalue weighted by Crippen LogP contribution is 1.98. The van der Waals surface area contributed by atoms with Crippen molar-refractivity contribution in [3.05, 3.63) is 0 Å². The van der Waals surface area contributed by atoms with Crippen molar-refractivity contribution < 1.29 is 4.79 Å². The van der Waals surface area contributed by atoms with Gasteiger partial charge in [0.15, 0.2) is 0 Å². The summed E-state index contributed by atoms with van der Waals surface area (Å²) in [6.45, 7) is 2.60. The first-order valence-corrected chi connectivity index (χ1v) is 4.31. The second-order valence-corrected chi connectivity index (χ2v) is 3.15. The Morgan fingerprint density at radius 1 is 1.67 bits per heavy atom. The van der Waals surface area contributed by atoms with E-state index in [4.69, 9.17) is 0 Å². The van der Waals surface area contributed by atoms with E-state index in [1.807, 2.05) is 7.05 Å². The van der Waals surface area contributed by atoms with Crippen LogP contribution in [0.25, 0.3) is 0 Å². The summed E-state index contributed by atoms with van der Waals surface area (Å²) in [6.07, 6.45) is 1.06. The van der Waals surface area contributed by atoms with E-state index in [9.17, 15) is 4.79 Å². The predicted octanol–water partition coefficient (Wildman–Crippen LogP) is -0.959. The van der Waals surface area contributed by atoms with Gasteiger partial charge in [-0.15, -0.1) is 0 Å². The monoisotopic (exact) mass is 170 g/mol. The Kier molecular flexibility index (Phi) is 3.49. The molecule has 0 aromatic carbocycles. The molecule has 1 amide bonds. The Bertz CT molecular complexity index is 160. The summed E-state index contributed by atoms with van der Waals surface area (Å²) in [5, 5.41) is 6.91. The maximum atomic E-state index is 11.2. The summed E-state index contributed by atoms with van der Waals surface area (Å²) in [5.41, 5.74) is 0. The van der Waals surface area contributed by atoms with Crippen LogP contribution >= 0.6 is 0 Å². The van der Waals surface area contributed by atoms with E-state index in [0.717, 1.165) is 26.1 Å². The number of nitrogens with one attached hydrogen (secondary N) is 1. The molecular weight excluding hydrogens is 154 g/mol. The first-order valence-electron chi connectivity index (χ1n) is 4.31.